The lowest BCUT2D eigenvalue weighted by Gasteiger charge is -2.17. The van der Waals surface area contributed by atoms with E-state index < -0.39 is 11.8 Å². The molecule has 0 aromatic rings. The minimum Gasteiger partial charge on any atom is -0.319 e. The summed E-state index contributed by atoms with van der Waals surface area (Å²) in [6.07, 6.45) is 1.44. The van der Waals surface area contributed by atoms with Gasteiger partial charge in [0.05, 0.1) is 0 Å². The van der Waals surface area contributed by atoms with Crippen molar-refractivity contribution in [1.29, 1.82) is 0 Å². The summed E-state index contributed by atoms with van der Waals surface area (Å²) in [6.45, 7) is 0.451. The van der Waals surface area contributed by atoms with E-state index in [1.807, 2.05) is 0 Å². The number of hydrogen-bond donors (Lipinski definition) is 1. The third-order valence-electron chi connectivity index (χ3n) is 2.11. The molecule has 0 aromatic heterocycles. The van der Waals surface area contributed by atoms with E-state index in [9.17, 15) is 8.78 Å². The van der Waals surface area contributed by atoms with E-state index in [0.717, 1.165) is 0 Å². The van der Waals surface area contributed by atoms with Crippen molar-refractivity contribution in [3.05, 3.63) is 0 Å². The number of rotatable bonds is 2. The lowest BCUT2D eigenvalue weighted by Crippen LogP contribution is -2.30. The molecule has 1 aliphatic carbocycles. The van der Waals surface area contributed by atoms with Crippen LogP contribution < -0.4 is 5.32 Å². The first-order valence-corrected chi connectivity index (χ1v) is 3.69. The van der Waals surface area contributed by atoms with E-state index in [1.54, 1.807) is 7.05 Å². The molecular formula is C7H13F2N. The Balaban J connectivity index is 2.43. The summed E-state index contributed by atoms with van der Waals surface area (Å²) in [5.41, 5.74) is 0. The van der Waals surface area contributed by atoms with Crippen molar-refractivity contribution in [2.75, 3.05) is 13.6 Å². The smallest absolute Gasteiger partial charge is 0.252 e. The molecule has 1 fully saturated rings. The Hall–Kier alpha value is -0.180. The van der Waals surface area contributed by atoms with Crippen molar-refractivity contribution >= 4 is 0 Å². The second kappa shape index (κ2) is 2.82. The van der Waals surface area contributed by atoms with Crippen molar-refractivity contribution in [3.8, 4) is 0 Å². The SMILES string of the molecule is CNCC1CCCC1(F)F. The molecule has 60 valence electrons. The van der Waals surface area contributed by atoms with Gasteiger partial charge >= 0.3 is 0 Å². The maximum absolute atomic E-state index is 12.8. The van der Waals surface area contributed by atoms with Crippen LogP contribution in [0.4, 0.5) is 8.78 Å². The fourth-order valence-corrected chi connectivity index (χ4v) is 1.50. The summed E-state index contributed by atoms with van der Waals surface area (Å²) in [7, 11) is 1.72. The van der Waals surface area contributed by atoms with Gasteiger partial charge in [0.25, 0.3) is 5.92 Å². The largest absolute Gasteiger partial charge is 0.319 e. The number of halogens is 2. The van der Waals surface area contributed by atoms with Crippen LogP contribution in [0.1, 0.15) is 19.3 Å². The van der Waals surface area contributed by atoms with Crippen LogP contribution in [0, 0.1) is 5.92 Å². The van der Waals surface area contributed by atoms with Gasteiger partial charge in [-0.1, -0.05) is 0 Å². The predicted octanol–water partition coefficient (Wildman–Crippen LogP) is 1.64. The van der Waals surface area contributed by atoms with Gasteiger partial charge in [0.2, 0.25) is 0 Å². The molecule has 1 N–H and O–H groups in total. The van der Waals surface area contributed by atoms with Crippen molar-refractivity contribution < 1.29 is 8.78 Å². The van der Waals surface area contributed by atoms with Gasteiger partial charge in [-0.25, -0.2) is 8.78 Å². The normalized spacial score (nSPS) is 30.9. The first-order chi connectivity index (χ1) is 4.67. The molecule has 1 aliphatic rings. The molecule has 0 radical (unpaired) electrons. The Bertz CT molecular complexity index is 114. The molecule has 0 aromatic carbocycles. The molecule has 10 heavy (non-hydrogen) atoms. The summed E-state index contributed by atoms with van der Waals surface area (Å²) in [5.74, 6) is -2.82. The van der Waals surface area contributed by atoms with Gasteiger partial charge in [0.1, 0.15) is 0 Å². The second-order valence-electron chi connectivity index (χ2n) is 2.91. The Kier molecular flexibility index (Phi) is 2.24. The highest BCUT2D eigenvalue weighted by Crippen LogP contribution is 2.39. The fourth-order valence-electron chi connectivity index (χ4n) is 1.50. The molecule has 1 nitrogen and oxygen atoms in total. The van der Waals surface area contributed by atoms with Gasteiger partial charge < -0.3 is 5.32 Å². The van der Waals surface area contributed by atoms with Crippen LogP contribution in [0.3, 0.4) is 0 Å². The van der Waals surface area contributed by atoms with Crippen molar-refractivity contribution in [3.63, 3.8) is 0 Å². The maximum Gasteiger partial charge on any atom is 0.252 e. The van der Waals surface area contributed by atoms with Crippen molar-refractivity contribution in [2.24, 2.45) is 5.92 Å². The molecule has 0 saturated heterocycles. The van der Waals surface area contributed by atoms with Crippen LogP contribution in [0.15, 0.2) is 0 Å². The summed E-state index contributed by atoms with van der Waals surface area (Å²) >= 11 is 0. The van der Waals surface area contributed by atoms with Gasteiger partial charge in [-0.2, -0.15) is 0 Å². The summed E-state index contributed by atoms with van der Waals surface area (Å²) in [6, 6.07) is 0. The minimum absolute atomic E-state index is 0.0827. The molecular weight excluding hydrogens is 136 g/mol. The summed E-state index contributed by atoms with van der Waals surface area (Å²) in [5, 5.41) is 2.79. The monoisotopic (exact) mass is 149 g/mol. The van der Waals surface area contributed by atoms with Crippen LogP contribution >= 0.6 is 0 Å². The minimum atomic E-state index is -2.40. The molecule has 1 saturated carbocycles. The Morgan fingerprint density at radius 2 is 2.30 bits per heavy atom. The molecule has 0 heterocycles. The number of alkyl halides is 2. The molecule has 1 rings (SSSR count). The van der Waals surface area contributed by atoms with E-state index in [-0.39, 0.29) is 6.42 Å². The molecule has 1 unspecified atom stereocenters. The van der Waals surface area contributed by atoms with Gasteiger partial charge in [-0.05, 0) is 19.9 Å². The molecule has 0 spiro atoms. The third kappa shape index (κ3) is 1.45. The maximum atomic E-state index is 12.8. The molecule has 0 amide bonds. The lowest BCUT2D eigenvalue weighted by atomic mass is 10.1. The molecule has 0 aliphatic heterocycles. The van der Waals surface area contributed by atoms with Crippen molar-refractivity contribution in [2.45, 2.75) is 25.2 Å². The second-order valence-corrected chi connectivity index (χ2v) is 2.91. The standard InChI is InChI=1S/C7H13F2N/c1-10-5-6-3-2-4-7(6,8)9/h6,10H,2-5H2,1H3. The first-order valence-electron chi connectivity index (χ1n) is 3.69. The highest BCUT2D eigenvalue weighted by atomic mass is 19.3. The zero-order chi connectivity index (χ0) is 7.61. The molecule has 0 bridgehead atoms. The van der Waals surface area contributed by atoms with E-state index in [0.29, 0.717) is 19.4 Å². The number of hydrogen-bond acceptors (Lipinski definition) is 1. The Labute approximate surface area is 59.8 Å². The zero-order valence-corrected chi connectivity index (χ0v) is 6.16. The van der Waals surface area contributed by atoms with Crippen molar-refractivity contribution in [1.82, 2.24) is 5.32 Å². The van der Waals surface area contributed by atoms with Gasteiger partial charge in [0.15, 0.2) is 0 Å². The van der Waals surface area contributed by atoms with E-state index >= 15 is 0 Å². The van der Waals surface area contributed by atoms with Crippen LogP contribution in [0.2, 0.25) is 0 Å². The van der Waals surface area contributed by atoms with Gasteiger partial charge in [-0.3, -0.25) is 0 Å². The predicted molar refractivity (Wildman–Crippen MR) is 36.2 cm³/mol. The van der Waals surface area contributed by atoms with E-state index in [1.165, 1.54) is 0 Å². The third-order valence-corrected chi connectivity index (χ3v) is 2.11. The first kappa shape index (κ1) is 7.92. The topological polar surface area (TPSA) is 12.0 Å². The lowest BCUT2D eigenvalue weighted by molar-refractivity contribution is -0.0353. The average molecular weight is 149 g/mol. The summed E-state index contributed by atoms with van der Waals surface area (Å²) in [4.78, 5) is 0. The quantitative estimate of drug-likeness (QED) is 0.629. The van der Waals surface area contributed by atoms with Gasteiger partial charge in [-0.15, -0.1) is 0 Å². The van der Waals surface area contributed by atoms with Crippen LogP contribution in [0.5, 0.6) is 0 Å². The Morgan fingerprint density at radius 1 is 1.60 bits per heavy atom. The van der Waals surface area contributed by atoms with Crippen LogP contribution in [-0.2, 0) is 0 Å². The highest BCUT2D eigenvalue weighted by molar-refractivity contribution is 4.84. The number of nitrogens with one attached hydrogen (secondary N) is 1. The summed E-state index contributed by atoms with van der Waals surface area (Å²) < 4.78 is 25.5. The van der Waals surface area contributed by atoms with Crippen LogP contribution in [-0.4, -0.2) is 19.5 Å². The van der Waals surface area contributed by atoms with E-state index in [4.69, 9.17) is 0 Å². The highest BCUT2D eigenvalue weighted by Gasteiger charge is 2.42. The zero-order valence-electron chi connectivity index (χ0n) is 6.16. The van der Waals surface area contributed by atoms with Crippen LogP contribution in [0.25, 0.3) is 0 Å². The van der Waals surface area contributed by atoms with Gasteiger partial charge in [0, 0.05) is 18.9 Å². The fraction of sp³-hybridized carbons (Fsp3) is 1.00. The molecule has 3 heteroatoms. The Morgan fingerprint density at radius 3 is 2.70 bits per heavy atom. The average Bonchev–Trinajstić information content (AvgIpc) is 2.13. The van der Waals surface area contributed by atoms with E-state index in [2.05, 4.69) is 5.32 Å². The molecule has 1 atom stereocenters.